The third-order valence-electron chi connectivity index (χ3n) is 4.56. The van der Waals surface area contributed by atoms with Crippen LogP contribution in [0.1, 0.15) is 17.2 Å². The van der Waals surface area contributed by atoms with E-state index in [1.807, 2.05) is 42.5 Å². The number of amides is 1. The van der Waals surface area contributed by atoms with Crippen LogP contribution in [-0.2, 0) is 16.0 Å². The molecule has 0 spiro atoms. The molecule has 1 unspecified atom stereocenters. The molecule has 6 heteroatoms. The predicted molar refractivity (Wildman–Crippen MR) is 104 cm³/mol. The summed E-state index contributed by atoms with van der Waals surface area (Å²) in [5.41, 5.74) is 8.44. The molecule has 0 aliphatic carbocycles. The second-order valence-electron chi connectivity index (χ2n) is 6.44. The van der Waals surface area contributed by atoms with Gasteiger partial charge in [-0.15, -0.1) is 0 Å². The van der Waals surface area contributed by atoms with Crippen LogP contribution < -0.4 is 11.1 Å². The minimum Gasteiger partial charge on any atom is -0.399 e. The number of ether oxygens (including phenoxy) is 1. The van der Waals surface area contributed by atoms with Gasteiger partial charge in [-0.3, -0.25) is 9.69 Å². The average Bonchev–Trinajstić information content (AvgIpc) is 2.65. The Morgan fingerprint density at radius 3 is 2.62 bits per heavy atom. The number of nitrogen functional groups attached to an aromatic ring is 1. The Morgan fingerprint density at radius 2 is 1.92 bits per heavy atom. The lowest BCUT2D eigenvalue weighted by Crippen LogP contribution is -2.44. The zero-order chi connectivity index (χ0) is 18.4. The average molecular weight is 374 g/mol. The van der Waals surface area contributed by atoms with Gasteiger partial charge in [0, 0.05) is 30.3 Å². The van der Waals surface area contributed by atoms with Gasteiger partial charge in [0.1, 0.15) is 0 Å². The molecule has 0 aromatic heterocycles. The summed E-state index contributed by atoms with van der Waals surface area (Å²) in [7, 11) is 0. The molecule has 1 amide bonds. The molecule has 26 heavy (non-hydrogen) atoms. The molecule has 2 aromatic carbocycles. The third-order valence-corrected chi connectivity index (χ3v) is 4.79. The number of nitrogens with one attached hydrogen (secondary N) is 1. The largest absolute Gasteiger partial charge is 0.399 e. The summed E-state index contributed by atoms with van der Waals surface area (Å²) < 4.78 is 5.46. The number of benzene rings is 2. The maximum Gasteiger partial charge on any atom is 0.224 e. The maximum absolute atomic E-state index is 12.4. The highest BCUT2D eigenvalue weighted by Gasteiger charge is 2.23. The van der Waals surface area contributed by atoms with E-state index in [1.165, 1.54) is 0 Å². The molecule has 5 nitrogen and oxygen atoms in total. The van der Waals surface area contributed by atoms with Crippen LogP contribution in [-0.4, -0.2) is 43.7 Å². The summed E-state index contributed by atoms with van der Waals surface area (Å²) in [6.07, 6.45) is 0.339. The van der Waals surface area contributed by atoms with Crippen molar-refractivity contribution in [2.24, 2.45) is 0 Å². The molecule has 3 rings (SSSR count). The lowest BCUT2D eigenvalue weighted by molar-refractivity contribution is -0.120. The van der Waals surface area contributed by atoms with Crippen molar-refractivity contribution in [1.29, 1.82) is 0 Å². The van der Waals surface area contributed by atoms with E-state index in [1.54, 1.807) is 0 Å². The van der Waals surface area contributed by atoms with E-state index < -0.39 is 0 Å². The number of nitrogens with two attached hydrogens (primary N) is 1. The van der Waals surface area contributed by atoms with E-state index >= 15 is 0 Å². The van der Waals surface area contributed by atoms with E-state index in [9.17, 15) is 4.79 Å². The fraction of sp³-hybridized carbons (Fsp3) is 0.350. The molecule has 1 atom stereocenters. The van der Waals surface area contributed by atoms with Gasteiger partial charge in [-0.2, -0.15) is 0 Å². The number of carbonyl (C=O) groups excluding carboxylic acids is 1. The maximum atomic E-state index is 12.4. The minimum absolute atomic E-state index is 0.00458. The zero-order valence-corrected chi connectivity index (χ0v) is 15.4. The highest BCUT2D eigenvalue weighted by molar-refractivity contribution is 6.30. The SMILES string of the molecule is Nc1ccc(CC(=O)NCC(c2cccc(Cl)c2)N2CCOCC2)cc1. The molecule has 1 aliphatic rings. The molecule has 3 N–H and O–H groups in total. The summed E-state index contributed by atoms with van der Waals surface area (Å²) in [5, 5.41) is 3.77. The van der Waals surface area contributed by atoms with E-state index in [-0.39, 0.29) is 11.9 Å². The van der Waals surface area contributed by atoms with E-state index in [0.29, 0.717) is 36.9 Å². The van der Waals surface area contributed by atoms with Crippen LogP contribution in [0, 0.1) is 0 Å². The second-order valence-corrected chi connectivity index (χ2v) is 6.88. The monoisotopic (exact) mass is 373 g/mol. The van der Waals surface area contributed by atoms with Gasteiger partial charge >= 0.3 is 0 Å². The number of hydrogen-bond donors (Lipinski definition) is 2. The molecule has 1 aliphatic heterocycles. The predicted octanol–water partition coefficient (Wildman–Crippen LogP) is 2.65. The first-order valence-corrected chi connectivity index (χ1v) is 9.18. The third kappa shape index (κ3) is 5.21. The van der Waals surface area contributed by atoms with Crippen LogP contribution in [0.2, 0.25) is 5.02 Å². The van der Waals surface area contributed by atoms with E-state index in [0.717, 1.165) is 24.2 Å². The highest BCUT2D eigenvalue weighted by atomic mass is 35.5. The van der Waals surface area contributed by atoms with Crippen molar-refractivity contribution in [3.63, 3.8) is 0 Å². The lowest BCUT2D eigenvalue weighted by Gasteiger charge is -2.35. The van der Waals surface area contributed by atoms with Crippen LogP contribution in [0.15, 0.2) is 48.5 Å². The zero-order valence-electron chi connectivity index (χ0n) is 14.7. The summed E-state index contributed by atoms with van der Waals surface area (Å²) in [4.78, 5) is 14.7. The Hall–Kier alpha value is -2.08. The molecule has 0 radical (unpaired) electrons. The molecule has 0 saturated carbocycles. The molecule has 1 fully saturated rings. The standard InChI is InChI=1S/C20H24ClN3O2/c21-17-3-1-2-16(13-17)19(24-8-10-26-11-9-24)14-23-20(25)12-15-4-6-18(22)7-5-15/h1-7,13,19H,8-12,14,22H2,(H,23,25). The number of morpholine rings is 1. The van der Waals surface area contributed by atoms with Crippen LogP contribution in [0.25, 0.3) is 0 Å². The van der Waals surface area contributed by atoms with Crippen molar-refractivity contribution < 1.29 is 9.53 Å². The van der Waals surface area contributed by atoms with Gasteiger partial charge in [-0.25, -0.2) is 0 Å². The highest BCUT2D eigenvalue weighted by Crippen LogP contribution is 2.24. The number of rotatable bonds is 6. The summed E-state index contributed by atoms with van der Waals surface area (Å²) in [6.45, 7) is 3.62. The van der Waals surface area contributed by atoms with Crippen molar-refractivity contribution in [1.82, 2.24) is 10.2 Å². The van der Waals surface area contributed by atoms with Gasteiger partial charge in [0.25, 0.3) is 0 Å². The van der Waals surface area contributed by atoms with Gasteiger partial charge in [-0.05, 0) is 35.4 Å². The molecule has 2 aromatic rings. The lowest BCUT2D eigenvalue weighted by atomic mass is 10.0. The Bertz CT molecular complexity index is 730. The Labute approximate surface area is 159 Å². The quantitative estimate of drug-likeness (QED) is 0.764. The molecule has 1 heterocycles. The fourth-order valence-corrected chi connectivity index (χ4v) is 3.35. The first-order valence-electron chi connectivity index (χ1n) is 8.80. The number of anilines is 1. The van der Waals surface area contributed by atoms with Gasteiger partial charge in [0.2, 0.25) is 5.91 Å². The van der Waals surface area contributed by atoms with Crippen LogP contribution in [0.4, 0.5) is 5.69 Å². The smallest absolute Gasteiger partial charge is 0.224 e. The Kier molecular flexibility index (Phi) is 6.50. The normalized spacial score (nSPS) is 16.2. The van der Waals surface area contributed by atoms with Crippen molar-refractivity contribution in [2.75, 3.05) is 38.6 Å². The van der Waals surface area contributed by atoms with Crippen LogP contribution in [0.3, 0.4) is 0 Å². The summed E-state index contributed by atoms with van der Waals surface area (Å²) >= 11 is 6.17. The van der Waals surface area contributed by atoms with E-state index in [2.05, 4.69) is 16.3 Å². The van der Waals surface area contributed by atoms with Gasteiger partial charge in [-0.1, -0.05) is 35.9 Å². The fourth-order valence-electron chi connectivity index (χ4n) is 3.15. The van der Waals surface area contributed by atoms with E-state index in [4.69, 9.17) is 22.1 Å². The Balaban J connectivity index is 1.65. The molecular formula is C20H24ClN3O2. The second kappa shape index (κ2) is 9.03. The molecule has 138 valence electrons. The van der Waals surface area contributed by atoms with Crippen molar-refractivity contribution in [3.05, 3.63) is 64.7 Å². The van der Waals surface area contributed by atoms with Gasteiger partial charge < -0.3 is 15.8 Å². The topological polar surface area (TPSA) is 67.6 Å². The van der Waals surface area contributed by atoms with Crippen molar-refractivity contribution in [2.45, 2.75) is 12.5 Å². The number of halogens is 1. The number of carbonyl (C=O) groups is 1. The number of hydrogen-bond acceptors (Lipinski definition) is 4. The first-order chi connectivity index (χ1) is 12.6. The minimum atomic E-state index is -0.00458. The van der Waals surface area contributed by atoms with Crippen molar-refractivity contribution >= 4 is 23.2 Å². The van der Waals surface area contributed by atoms with Crippen LogP contribution in [0.5, 0.6) is 0 Å². The summed E-state index contributed by atoms with van der Waals surface area (Å²) in [6, 6.07) is 15.3. The van der Waals surface area contributed by atoms with Crippen molar-refractivity contribution in [3.8, 4) is 0 Å². The summed E-state index contributed by atoms with van der Waals surface area (Å²) in [5.74, 6) is -0.00458. The molecule has 1 saturated heterocycles. The van der Waals surface area contributed by atoms with Crippen LogP contribution >= 0.6 is 11.6 Å². The van der Waals surface area contributed by atoms with Gasteiger partial charge in [0.05, 0.1) is 25.7 Å². The van der Waals surface area contributed by atoms with Gasteiger partial charge in [0.15, 0.2) is 0 Å². The molecular weight excluding hydrogens is 350 g/mol. The first kappa shape index (κ1) is 18.7. The Morgan fingerprint density at radius 1 is 1.19 bits per heavy atom. The molecule has 0 bridgehead atoms. The number of nitrogens with zero attached hydrogens (tertiary/aromatic N) is 1.